The van der Waals surface area contributed by atoms with Crippen molar-refractivity contribution in [2.24, 2.45) is 5.92 Å². The second-order valence-corrected chi connectivity index (χ2v) is 9.78. The van der Waals surface area contributed by atoms with Crippen LogP contribution in [0.3, 0.4) is 0 Å². The van der Waals surface area contributed by atoms with Gasteiger partial charge in [-0.2, -0.15) is 4.31 Å². The molecular formula is C21H22N4O4S2. The summed E-state index contributed by atoms with van der Waals surface area (Å²) in [4.78, 5) is 13.0. The number of piperidine rings is 1. The van der Waals surface area contributed by atoms with E-state index in [1.54, 1.807) is 24.3 Å². The van der Waals surface area contributed by atoms with Gasteiger partial charge >= 0.3 is 0 Å². The van der Waals surface area contributed by atoms with Crippen LogP contribution in [0.2, 0.25) is 0 Å². The normalized spacial score (nSPS) is 17.3. The molecule has 2 aromatic carbocycles. The molecule has 0 saturated carbocycles. The van der Waals surface area contributed by atoms with E-state index in [2.05, 4.69) is 14.9 Å². The van der Waals surface area contributed by atoms with Crippen LogP contribution in [0.1, 0.15) is 12.8 Å². The highest BCUT2D eigenvalue weighted by molar-refractivity contribution is 7.89. The maximum atomic E-state index is 13.0. The molecule has 8 nitrogen and oxygen atoms in total. The first-order valence-electron chi connectivity index (χ1n) is 9.80. The molecule has 2 heterocycles. The Morgan fingerprint density at radius 1 is 1.16 bits per heavy atom. The summed E-state index contributed by atoms with van der Waals surface area (Å²) in [6.45, 7) is 0.553. The van der Waals surface area contributed by atoms with Gasteiger partial charge in [-0.15, -0.1) is 5.10 Å². The average Bonchev–Trinajstić information content (AvgIpc) is 3.35. The number of anilines is 1. The van der Waals surface area contributed by atoms with Crippen LogP contribution < -0.4 is 10.1 Å². The minimum atomic E-state index is -3.67. The van der Waals surface area contributed by atoms with Gasteiger partial charge in [-0.1, -0.05) is 16.6 Å². The molecule has 1 aliphatic heterocycles. The first-order valence-corrected chi connectivity index (χ1v) is 12.1. The summed E-state index contributed by atoms with van der Waals surface area (Å²) in [7, 11) is -2.14. The van der Waals surface area contributed by atoms with Gasteiger partial charge in [-0.3, -0.25) is 4.79 Å². The predicted octanol–water partition coefficient (Wildman–Crippen LogP) is 3.25. The molecule has 0 spiro atoms. The SMILES string of the molecule is COc1ccc(S(=O)(=O)N2CCCC(C(=O)Nc3ccc(-c4csnn4)cc3)C2)cc1. The summed E-state index contributed by atoms with van der Waals surface area (Å²) < 4.78 is 36.3. The van der Waals surface area contributed by atoms with Crippen molar-refractivity contribution in [2.75, 3.05) is 25.5 Å². The molecule has 0 bridgehead atoms. The lowest BCUT2D eigenvalue weighted by Crippen LogP contribution is -2.43. The quantitative estimate of drug-likeness (QED) is 0.608. The molecule has 1 fully saturated rings. The van der Waals surface area contributed by atoms with Gasteiger partial charge in [0.1, 0.15) is 11.4 Å². The van der Waals surface area contributed by atoms with Crippen LogP contribution in [-0.2, 0) is 14.8 Å². The van der Waals surface area contributed by atoms with Crippen LogP contribution in [0.25, 0.3) is 11.3 Å². The van der Waals surface area contributed by atoms with E-state index >= 15 is 0 Å². The van der Waals surface area contributed by atoms with Crippen LogP contribution in [0.5, 0.6) is 5.75 Å². The van der Waals surface area contributed by atoms with Gasteiger partial charge in [0, 0.05) is 29.7 Å². The Morgan fingerprint density at radius 3 is 2.55 bits per heavy atom. The van der Waals surface area contributed by atoms with E-state index in [0.717, 1.165) is 11.3 Å². The fraction of sp³-hybridized carbons (Fsp3) is 0.286. The highest BCUT2D eigenvalue weighted by atomic mass is 32.2. The molecule has 1 atom stereocenters. The van der Waals surface area contributed by atoms with E-state index in [4.69, 9.17) is 4.74 Å². The number of methoxy groups -OCH3 is 1. The van der Waals surface area contributed by atoms with Crippen molar-refractivity contribution in [3.63, 3.8) is 0 Å². The Labute approximate surface area is 185 Å². The van der Waals surface area contributed by atoms with Crippen LogP contribution in [-0.4, -0.2) is 48.4 Å². The number of aromatic nitrogens is 2. The number of hydrogen-bond acceptors (Lipinski definition) is 7. The van der Waals surface area contributed by atoms with E-state index in [9.17, 15) is 13.2 Å². The number of hydrogen-bond donors (Lipinski definition) is 1. The molecular weight excluding hydrogens is 436 g/mol. The summed E-state index contributed by atoms with van der Waals surface area (Å²) in [5.74, 6) is -0.00574. The lowest BCUT2D eigenvalue weighted by molar-refractivity contribution is -0.120. The Morgan fingerprint density at radius 2 is 1.90 bits per heavy atom. The van der Waals surface area contributed by atoms with Gasteiger partial charge < -0.3 is 10.1 Å². The van der Waals surface area contributed by atoms with Crippen LogP contribution in [0.15, 0.2) is 58.8 Å². The Balaban J connectivity index is 1.42. The highest BCUT2D eigenvalue weighted by Gasteiger charge is 2.33. The van der Waals surface area contributed by atoms with E-state index in [0.29, 0.717) is 30.8 Å². The highest BCUT2D eigenvalue weighted by Crippen LogP contribution is 2.26. The maximum absolute atomic E-state index is 13.0. The second kappa shape index (κ2) is 9.13. The summed E-state index contributed by atoms with van der Waals surface area (Å²) >= 11 is 1.28. The number of carbonyl (C=O) groups is 1. The van der Waals surface area contributed by atoms with Crippen molar-refractivity contribution >= 4 is 33.2 Å². The van der Waals surface area contributed by atoms with E-state index in [1.165, 1.54) is 35.1 Å². The molecule has 31 heavy (non-hydrogen) atoms. The molecule has 1 amide bonds. The van der Waals surface area contributed by atoms with Crippen molar-refractivity contribution in [1.29, 1.82) is 0 Å². The van der Waals surface area contributed by atoms with Crippen molar-refractivity contribution < 1.29 is 17.9 Å². The number of sulfonamides is 1. The molecule has 3 aromatic rings. The smallest absolute Gasteiger partial charge is 0.243 e. The Hall–Kier alpha value is -2.82. The third kappa shape index (κ3) is 4.76. The van der Waals surface area contributed by atoms with E-state index in [1.807, 2.05) is 17.5 Å². The van der Waals surface area contributed by atoms with Gasteiger partial charge in [0.2, 0.25) is 15.9 Å². The summed E-state index contributed by atoms with van der Waals surface area (Å²) in [5.41, 5.74) is 2.36. The van der Waals surface area contributed by atoms with Gasteiger partial charge in [-0.25, -0.2) is 8.42 Å². The topological polar surface area (TPSA) is 101 Å². The van der Waals surface area contributed by atoms with Crippen molar-refractivity contribution in [3.8, 4) is 17.0 Å². The first kappa shape index (κ1) is 21.4. The van der Waals surface area contributed by atoms with Crippen molar-refractivity contribution in [3.05, 3.63) is 53.9 Å². The Bertz CT molecular complexity index is 1130. The standard InChI is InChI=1S/C21H22N4O4S2/c1-29-18-8-10-19(11-9-18)31(27,28)25-12-2-3-16(13-25)21(26)22-17-6-4-15(5-7-17)20-14-30-24-23-20/h4-11,14,16H,2-3,12-13H2,1H3,(H,22,26). The number of ether oxygens (including phenoxy) is 1. The monoisotopic (exact) mass is 458 g/mol. The zero-order valence-corrected chi connectivity index (χ0v) is 18.5. The summed E-state index contributed by atoms with van der Waals surface area (Å²) in [5, 5.41) is 8.78. The van der Waals surface area contributed by atoms with Crippen molar-refractivity contribution in [2.45, 2.75) is 17.7 Å². The zero-order chi connectivity index (χ0) is 21.8. The Kier molecular flexibility index (Phi) is 6.30. The number of benzene rings is 2. The third-order valence-electron chi connectivity index (χ3n) is 5.26. The molecule has 10 heteroatoms. The average molecular weight is 459 g/mol. The first-order chi connectivity index (χ1) is 15.0. The summed E-state index contributed by atoms with van der Waals surface area (Å²) in [6.07, 6.45) is 1.27. The van der Waals surface area contributed by atoms with Gasteiger partial charge in [0.25, 0.3) is 0 Å². The van der Waals surface area contributed by atoms with Crippen LogP contribution in [0.4, 0.5) is 5.69 Å². The van der Waals surface area contributed by atoms with Gasteiger partial charge in [0.05, 0.1) is 17.9 Å². The molecule has 1 unspecified atom stereocenters. The second-order valence-electron chi connectivity index (χ2n) is 7.23. The largest absolute Gasteiger partial charge is 0.497 e. The van der Waals surface area contributed by atoms with Gasteiger partial charge in [0.15, 0.2) is 0 Å². The third-order valence-corrected chi connectivity index (χ3v) is 7.64. The van der Waals surface area contributed by atoms with Gasteiger partial charge in [-0.05, 0) is 60.8 Å². The predicted molar refractivity (Wildman–Crippen MR) is 118 cm³/mol. The van der Waals surface area contributed by atoms with Crippen molar-refractivity contribution in [1.82, 2.24) is 13.9 Å². The number of carbonyl (C=O) groups excluding carboxylic acids is 1. The number of amides is 1. The molecule has 1 aromatic heterocycles. The van der Waals surface area contributed by atoms with E-state index < -0.39 is 15.9 Å². The number of nitrogens with zero attached hydrogens (tertiary/aromatic N) is 3. The fourth-order valence-electron chi connectivity index (χ4n) is 3.53. The lowest BCUT2D eigenvalue weighted by atomic mass is 9.98. The molecule has 1 aliphatic rings. The van der Waals surface area contributed by atoms with Crippen LogP contribution in [0, 0.1) is 5.92 Å². The molecule has 162 valence electrons. The molecule has 0 radical (unpaired) electrons. The molecule has 1 saturated heterocycles. The van der Waals surface area contributed by atoms with Crippen LogP contribution >= 0.6 is 11.5 Å². The molecule has 1 N–H and O–H groups in total. The molecule has 4 rings (SSSR count). The maximum Gasteiger partial charge on any atom is 0.243 e. The lowest BCUT2D eigenvalue weighted by Gasteiger charge is -2.31. The van der Waals surface area contributed by atoms with E-state index in [-0.39, 0.29) is 17.3 Å². The fourth-order valence-corrected chi connectivity index (χ4v) is 5.52. The number of nitrogens with one attached hydrogen (secondary N) is 1. The molecule has 0 aliphatic carbocycles. The number of rotatable bonds is 6. The zero-order valence-electron chi connectivity index (χ0n) is 16.9. The minimum Gasteiger partial charge on any atom is -0.497 e. The minimum absolute atomic E-state index is 0.156. The summed E-state index contributed by atoms with van der Waals surface area (Å²) in [6, 6.07) is 13.6.